The summed E-state index contributed by atoms with van der Waals surface area (Å²) in [5.41, 5.74) is 3.59. The molecular weight excluding hydrogens is 500 g/mol. The van der Waals surface area contributed by atoms with E-state index >= 15 is 0 Å². The monoisotopic (exact) mass is 525 g/mol. The average Bonchev–Trinajstić information content (AvgIpc) is 3.26. The van der Waals surface area contributed by atoms with Crippen LogP contribution in [0.1, 0.15) is 22.5 Å². The number of thiol groups is 1. The zero-order valence-corrected chi connectivity index (χ0v) is 21.0. The average molecular weight is 526 g/mol. The summed E-state index contributed by atoms with van der Waals surface area (Å²) >= 11 is 4.44. The number of benzene rings is 1. The number of carbonyl (C=O) groups excluding carboxylic acids is 1. The maximum atomic E-state index is 13.4. The van der Waals surface area contributed by atoms with Crippen molar-refractivity contribution in [3.8, 4) is 17.3 Å². The third kappa shape index (κ3) is 5.04. The molecule has 3 heterocycles. The largest absolute Gasteiger partial charge is 0.386 e. The molecular formula is C25H25F2N7O2S. The molecule has 1 N–H and O–H groups in total. The molecule has 0 radical (unpaired) electrons. The van der Waals surface area contributed by atoms with Crippen molar-refractivity contribution in [3.05, 3.63) is 53.9 Å². The molecule has 1 saturated carbocycles. The zero-order valence-electron chi connectivity index (χ0n) is 20.1. The van der Waals surface area contributed by atoms with Crippen LogP contribution in [0.2, 0.25) is 0 Å². The summed E-state index contributed by atoms with van der Waals surface area (Å²) in [5, 5.41) is 16.5. The van der Waals surface area contributed by atoms with Gasteiger partial charge in [-0.05, 0) is 24.3 Å². The molecule has 1 saturated heterocycles. The summed E-state index contributed by atoms with van der Waals surface area (Å²) in [6.45, 7) is 2.08. The van der Waals surface area contributed by atoms with Crippen LogP contribution in [0, 0.1) is 17.2 Å². The third-order valence-electron chi connectivity index (χ3n) is 6.71. The molecule has 12 heteroatoms. The lowest BCUT2D eigenvalue weighted by molar-refractivity contribution is 0.0736. The van der Waals surface area contributed by atoms with Crippen LogP contribution in [0.3, 0.4) is 0 Å². The smallest absolute Gasteiger partial charge is 0.276 e. The van der Waals surface area contributed by atoms with Crippen molar-refractivity contribution in [2.45, 2.75) is 12.3 Å². The number of nitriles is 1. The highest BCUT2D eigenvalue weighted by atomic mass is 32.1. The van der Waals surface area contributed by atoms with Gasteiger partial charge < -0.3 is 23.9 Å². The quantitative estimate of drug-likeness (QED) is 0.448. The first-order valence-electron chi connectivity index (χ1n) is 11.8. The number of carbonyl (C=O) groups is 1. The van der Waals surface area contributed by atoms with Gasteiger partial charge in [-0.3, -0.25) is 4.79 Å². The molecule has 37 heavy (non-hydrogen) atoms. The Morgan fingerprint density at radius 3 is 2.65 bits per heavy atom. The Morgan fingerprint density at radius 1 is 1.27 bits per heavy atom. The molecule has 9 nitrogen and oxygen atoms in total. The molecule has 3 aromatic rings. The second-order valence-electron chi connectivity index (χ2n) is 9.07. The first kappa shape index (κ1) is 24.8. The number of rotatable bonds is 7. The van der Waals surface area contributed by atoms with Crippen molar-refractivity contribution in [3.63, 3.8) is 0 Å². The van der Waals surface area contributed by atoms with Crippen LogP contribution in [0.15, 0.2) is 47.2 Å². The maximum Gasteiger partial charge on any atom is 0.276 e. The van der Waals surface area contributed by atoms with Gasteiger partial charge in [0, 0.05) is 63.7 Å². The van der Waals surface area contributed by atoms with Crippen molar-refractivity contribution in [1.29, 1.82) is 5.26 Å². The molecule has 0 spiro atoms. The summed E-state index contributed by atoms with van der Waals surface area (Å²) in [5.74, 6) is -2.95. The number of anilines is 3. The van der Waals surface area contributed by atoms with E-state index in [9.17, 15) is 18.8 Å². The van der Waals surface area contributed by atoms with E-state index in [0.29, 0.717) is 48.9 Å². The number of pyridine rings is 1. The molecule has 2 fully saturated rings. The minimum Gasteiger partial charge on any atom is -0.386 e. The number of halogens is 2. The Morgan fingerprint density at radius 2 is 2.03 bits per heavy atom. The molecule has 2 aromatic heterocycles. The van der Waals surface area contributed by atoms with E-state index in [2.05, 4.69) is 29.4 Å². The van der Waals surface area contributed by atoms with E-state index in [0.717, 1.165) is 11.3 Å². The van der Waals surface area contributed by atoms with Gasteiger partial charge in [-0.15, -0.1) is 0 Å². The number of piperazine rings is 1. The maximum absolute atomic E-state index is 13.4. The molecule has 5 rings (SSSR count). The number of hydrogen-bond acceptors (Lipinski definition) is 9. The third-order valence-corrected chi connectivity index (χ3v) is 7.09. The lowest BCUT2D eigenvalue weighted by atomic mass is 10.1. The van der Waals surface area contributed by atoms with Gasteiger partial charge in [-0.25, -0.2) is 13.8 Å². The van der Waals surface area contributed by atoms with Crippen molar-refractivity contribution in [2.24, 2.45) is 5.92 Å². The van der Waals surface area contributed by atoms with E-state index < -0.39 is 11.8 Å². The van der Waals surface area contributed by atoms with Crippen LogP contribution in [0.5, 0.6) is 0 Å². The molecule has 1 aromatic carbocycles. The van der Waals surface area contributed by atoms with Gasteiger partial charge in [0.05, 0.1) is 22.6 Å². The Labute approximate surface area is 218 Å². The Hall–Kier alpha value is -3.85. The molecule has 1 aliphatic carbocycles. The van der Waals surface area contributed by atoms with E-state index in [-0.39, 0.29) is 24.6 Å². The van der Waals surface area contributed by atoms with Crippen molar-refractivity contribution in [2.75, 3.05) is 54.3 Å². The van der Waals surface area contributed by atoms with E-state index in [1.807, 2.05) is 23.1 Å². The van der Waals surface area contributed by atoms with Crippen molar-refractivity contribution >= 4 is 35.9 Å². The van der Waals surface area contributed by atoms with Gasteiger partial charge in [0.25, 0.3) is 11.8 Å². The van der Waals surface area contributed by atoms with E-state index in [1.54, 1.807) is 28.4 Å². The van der Waals surface area contributed by atoms with Gasteiger partial charge in [0.1, 0.15) is 18.2 Å². The second-order valence-corrected chi connectivity index (χ2v) is 9.55. The number of amides is 1. The predicted octanol–water partition coefficient (Wildman–Crippen LogP) is 3.92. The number of alkyl halides is 2. The lowest BCUT2D eigenvalue weighted by Crippen LogP contribution is -2.49. The van der Waals surface area contributed by atoms with Crippen LogP contribution in [0.4, 0.5) is 26.0 Å². The first-order valence-corrected chi connectivity index (χ1v) is 12.2. The number of hydrogen-bond donors (Lipinski definition) is 2. The van der Waals surface area contributed by atoms with Crippen molar-refractivity contribution < 1.29 is 18.1 Å². The Balaban J connectivity index is 1.34. The molecule has 1 amide bonds. The highest BCUT2D eigenvalue weighted by Gasteiger charge is 2.57. The van der Waals surface area contributed by atoms with Gasteiger partial charge in [-0.2, -0.15) is 5.26 Å². The topological polar surface area (TPSA) is 102 Å². The fourth-order valence-corrected chi connectivity index (χ4v) is 4.81. The molecule has 192 valence electrons. The first-order chi connectivity index (χ1) is 17.8. The van der Waals surface area contributed by atoms with Crippen molar-refractivity contribution in [1.82, 2.24) is 15.0 Å². The molecule has 2 aliphatic rings. The number of aromatic nitrogens is 2. The summed E-state index contributed by atoms with van der Waals surface area (Å²) in [4.78, 5) is 21.0. The SMILES string of the molecule is CNc1cc(-c2ccc(C#N)c(N3CCN(C(=O)c4ccon4)CC3)n2)ccc1N(S)CC1CC1(F)F. The van der Waals surface area contributed by atoms with Crippen LogP contribution >= 0.6 is 12.8 Å². The minimum atomic E-state index is -2.61. The number of nitrogens with zero attached hydrogens (tertiary/aromatic N) is 6. The molecule has 1 atom stereocenters. The highest BCUT2D eigenvalue weighted by molar-refractivity contribution is 7.81. The minimum absolute atomic E-state index is 0.113. The van der Waals surface area contributed by atoms with E-state index in [4.69, 9.17) is 9.51 Å². The van der Waals surface area contributed by atoms with Gasteiger partial charge >= 0.3 is 0 Å². The predicted molar refractivity (Wildman–Crippen MR) is 138 cm³/mol. The fraction of sp³-hybridized carbons (Fsp3) is 0.360. The normalized spacial score (nSPS) is 18.3. The summed E-state index contributed by atoms with van der Waals surface area (Å²) < 4.78 is 33.1. The zero-order chi connectivity index (χ0) is 26.2. The summed E-state index contributed by atoms with van der Waals surface area (Å²) in [6, 6.07) is 12.8. The van der Waals surface area contributed by atoms with Gasteiger partial charge in [0.2, 0.25) is 0 Å². The molecule has 1 aliphatic heterocycles. The fourth-order valence-electron chi connectivity index (χ4n) is 4.44. The second kappa shape index (κ2) is 9.89. The Kier molecular flexibility index (Phi) is 6.64. The van der Waals surface area contributed by atoms with Crippen LogP contribution in [-0.4, -0.2) is 66.6 Å². The standard InChI is InChI=1S/C25H25F2N7O2S/c1-29-21-12-16(3-5-22(21)34(37)15-18-13-25(18,26)27)19-4-2-17(14-28)23(30-19)32-7-9-33(10-8-32)24(35)20-6-11-36-31-20/h2-6,11-12,18,29,37H,7-10,13,15H2,1H3. The highest BCUT2D eigenvalue weighted by Crippen LogP contribution is 2.49. The molecule has 0 bridgehead atoms. The summed E-state index contributed by atoms with van der Waals surface area (Å²) in [7, 11) is 1.76. The molecule has 1 unspecified atom stereocenters. The van der Waals surface area contributed by atoms with Gasteiger partial charge in [-0.1, -0.05) is 24.0 Å². The summed E-state index contributed by atoms with van der Waals surface area (Å²) in [6.07, 6.45) is 1.25. The van der Waals surface area contributed by atoms with E-state index in [1.165, 1.54) is 12.3 Å². The number of nitrogens with one attached hydrogen (secondary N) is 1. The Bertz CT molecular complexity index is 1340. The lowest BCUT2D eigenvalue weighted by Gasteiger charge is -2.35. The van der Waals surface area contributed by atoms with Crippen LogP contribution in [0.25, 0.3) is 11.3 Å². The van der Waals surface area contributed by atoms with Crippen LogP contribution in [-0.2, 0) is 0 Å². The van der Waals surface area contributed by atoms with Gasteiger partial charge in [0.15, 0.2) is 5.69 Å². The van der Waals surface area contributed by atoms with Crippen LogP contribution < -0.4 is 14.5 Å².